The van der Waals surface area contributed by atoms with E-state index in [0.29, 0.717) is 12.4 Å². The molecule has 0 bridgehead atoms. The zero-order chi connectivity index (χ0) is 10.6. The van der Waals surface area contributed by atoms with Crippen molar-refractivity contribution in [3.8, 4) is 0 Å². The molecule has 0 saturated heterocycles. The van der Waals surface area contributed by atoms with E-state index in [4.69, 9.17) is 11.6 Å². The van der Waals surface area contributed by atoms with Crippen LogP contribution in [-0.4, -0.2) is 12.4 Å². The Morgan fingerprint density at radius 1 is 1.36 bits per heavy atom. The van der Waals surface area contributed by atoms with Crippen molar-refractivity contribution in [3.63, 3.8) is 0 Å². The molecule has 1 aromatic carbocycles. The van der Waals surface area contributed by atoms with Crippen LogP contribution in [0.15, 0.2) is 16.6 Å². The predicted octanol–water partition coefficient (Wildman–Crippen LogP) is 3.06. The first-order chi connectivity index (χ1) is 6.66. The van der Waals surface area contributed by atoms with Gasteiger partial charge in [0.25, 0.3) is 0 Å². The predicted molar refractivity (Wildman–Crippen MR) is 56.5 cm³/mol. The molecule has 0 aliphatic heterocycles. The van der Waals surface area contributed by atoms with Crippen LogP contribution in [0.5, 0.6) is 0 Å². The summed E-state index contributed by atoms with van der Waals surface area (Å²) < 4.78 is 26.7. The largest absolute Gasteiger partial charge is 0.311 e. The fourth-order valence-corrected chi connectivity index (χ4v) is 1.52. The lowest BCUT2D eigenvalue weighted by atomic mass is 10.2. The highest BCUT2D eigenvalue weighted by Crippen LogP contribution is 2.21. The summed E-state index contributed by atoms with van der Waals surface area (Å²) in [6.45, 7) is 0.663. The summed E-state index contributed by atoms with van der Waals surface area (Å²) in [5, 5.41) is 2.83. The first kappa shape index (κ1) is 11.9. The molecule has 0 aliphatic carbocycles. The molecule has 0 spiro atoms. The van der Waals surface area contributed by atoms with E-state index in [1.165, 1.54) is 12.1 Å². The van der Waals surface area contributed by atoms with E-state index >= 15 is 0 Å². The van der Waals surface area contributed by atoms with E-state index < -0.39 is 11.6 Å². The molecular formula is C9H9BrClF2N. The smallest absolute Gasteiger partial charge is 0.144 e. The van der Waals surface area contributed by atoms with Gasteiger partial charge in [-0.05, 0) is 28.1 Å². The Balaban J connectivity index is 2.79. The molecule has 0 radical (unpaired) electrons. The van der Waals surface area contributed by atoms with Crippen LogP contribution in [0, 0.1) is 11.6 Å². The van der Waals surface area contributed by atoms with Gasteiger partial charge in [0.1, 0.15) is 11.6 Å². The van der Waals surface area contributed by atoms with Crippen molar-refractivity contribution in [2.75, 3.05) is 12.4 Å². The van der Waals surface area contributed by atoms with E-state index in [1.54, 1.807) is 0 Å². The van der Waals surface area contributed by atoms with Gasteiger partial charge in [-0.15, -0.1) is 11.6 Å². The van der Waals surface area contributed by atoms with Crippen LogP contribution < -0.4 is 5.32 Å². The van der Waals surface area contributed by atoms with Crippen molar-refractivity contribution in [2.45, 2.75) is 6.54 Å². The average molecular weight is 285 g/mol. The lowest BCUT2D eigenvalue weighted by Gasteiger charge is -2.06. The van der Waals surface area contributed by atoms with Crippen molar-refractivity contribution < 1.29 is 8.78 Å². The SMILES string of the molecule is Fc1ccc(Br)c(F)c1CNCCCl. The monoisotopic (exact) mass is 283 g/mol. The van der Waals surface area contributed by atoms with Gasteiger partial charge in [0.15, 0.2) is 0 Å². The molecule has 1 N–H and O–H groups in total. The average Bonchev–Trinajstić information content (AvgIpc) is 2.18. The molecule has 1 aromatic rings. The highest BCUT2D eigenvalue weighted by atomic mass is 79.9. The molecule has 0 saturated carbocycles. The number of benzene rings is 1. The van der Waals surface area contributed by atoms with Gasteiger partial charge in [-0.2, -0.15) is 0 Å². The minimum absolute atomic E-state index is 0.0319. The van der Waals surface area contributed by atoms with Gasteiger partial charge in [0.2, 0.25) is 0 Å². The summed E-state index contributed by atoms with van der Waals surface area (Å²) >= 11 is 8.41. The van der Waals surface area contributed by atoms with Crippen LogP contribution in [-0.2, 0) is 6.54 Å². The van der Waals surface area contributed by atoms with E-state index in [0.717, 1.165) is 0 Å². The molecule has 1 nitrogen and oxygen atoms in total. The van der Waals surface area contributed by atoms with Gasteiger partial charge in [0.05, 0.1) is 4.47 Å². The number of halogens is 4. The fraction of sp³-hybridized carbons (Fsp3) is 0.333. The van der Waals surface area contributed by atoms with Gasteiger partial charge in [0, 0.05) is 24.5 Å². The van der Waals surface area contributed by atoms with Crippen LogP contribution in [0.1, 0.15) is 5.56 Å². The molecule has 5 heteroatoms. The number of rotatable bonds is 4. The van der Waals surface area contributed by atoms with Crippen molar-refractivity contribution in [1.29, 1.82) is 0 Å². The van der Waals surface area contributed by atoms with E-state index in [1.807, 2.05) is 0 Å². The summed E-state index contributed by atoms with van der Waals surface area (Å²) in [5.41, 5.74) is 0.0319. The van der Waals surface area contributed by atoms with E-state index in [9.17, 15) is 8.78 Å². The van der Waals surface area contributed by atoms with E-state index in [2.05, 4.69) is 21.2 Å². The molecule has 0 atom stereocenters. The van der Waals surface area contributed by atoms with Gasteiger partial charge in [-0.3, -0.25) is 0 Å². The number of nitrogens with one attached hydrogen (secondary N) is 1. The molecular weight excluding hydrogens is 275 g/mol. The fourth-order valence-electron chi connectivity index (χ4n) is 1.01. The maximum Gasteiger partial charge on any atom is 0.144 e. The minimum Gasteiger partial charge on any atom is -0.311 e. The van der Waals surface area contributed by atoms with Gasteiger partial charge in [-0.1, -0.05) is 0 Å². The Morgan fingerprint density at radius 3 is 2.71 bits per heavy atom. The molecule has 1 rings (SSSR count). The maximum absolute atomic E-state index is 13.3. The Labute approximate surface area is 94.6 Å². The van der Waals surface area contributed by atoms with Crippen molar-refractivity contribution >= 4 is 27.5 Å². The summed E-state index contributed by atoms with van der Waals surface area (Å²) in [6, 6.07) is 2.57. The maximum atomic E-state index is 13.3. The van der Waals surface area contributed by atoms with Gasteiger partial charge in [-0.25, -0.2) is 8.78 Å². The molecule has 0 amide bonds. The van der Waals surface area contributed by atoms with Gasteiger partial charge < -0.3 is 5.32 Å². The molecule has 0 aliphatic rings. The topological polar surface area (TPSA) is 12.0 Å². The van der Waals surface area contributed by atoms with E-state index in [-0.39, 0.29) is 16.6 Å². The zero-order valence-electron chi connectivity index (χ0n) is 7.29. The third kappa shape index (κ3) is 2.90. The lowest BCUT2D eigenvalue weighted by molar-refractivity contribution is 0.536. The van der Waals surface area contributed by atoms with Crippen molar-refractivity contribution in [3.05, 3.63) is 33.8 Å². The molecule has 0 unspecified atom stereocenters. The Bertz CT molecular complexity index is 320. The van der Waals surface area contributed by atoms with Crippen LogP contribution in [0.4, 0.5) is 8.78 Å². The summed E-state index contributed by atoms with van der Waals surface area (Å²) in [7, 11) is 0. The molecule has 0 aromatic heterocycles. The summed E-state index contributed by atoms with van der Waals surface area (Å²) in [6.07, 6.45) is 0. The molecule has 78 valence electrons. The quantitative estimate of drug-likeness (QED) is 0.509. The Kier molecular flexibility index (Phi) is 4.78. The van der Waals surface area contributed by atoms with Crippen molar-refractivity contribution in [2.24, 2.45) is 0 Å². The second-order valence-corrected chi connectivity index (χ2v) is 3.92. The Hall–Kier alpha value is -0.190. The molecule has 14 heavy (non-hydrogen) atoms. The van der Waals surface area contributed by atoms with Crippen LogP contribution in [0.2, 0.25) is 0 Å². The van der Waals surface area contributed by atoms with Crippen molar-refractivity contribution in [1.82, 2.24) is 5.32 Å². The number of hydrogen-bond donors (Lipinski definition) is 1. The second kappa shape index (κ2) is 5.63. The number of hydrogen-bond acceptors (Lipinski definition) is 1. The second-order valence-electron chi connectivity index (χ2n) is 2.69. The van der Waals surface area contributed by atoms with Gasteiger partial charge >= 0.3 is 0 Å². The first-order valence-corrected chi connectivity index (χ1v) is 5.38. The highest BCUT2D eigenvalue weighted by Gasteiger charge is 2.11. The number of alkyl halides is 1. The summed E-state index contributed by atoms with van der Waals surface area (Å²) in [5.74, 6) is -0.697. The zero-order valence-corrected chi connectivity index (χ0v) is 9.63. The third-order valence-electron chi connectivity index (χ3n) is 1.71. The third-order valence-corrected chi connectivity index (χ3v) is 2.51. The highest BCUT2D eigenvalue weighted by molar-refractivity contribution is 9.10. The van der Waals surface area contributed by atoms with Crippen LogP contribution in [0.25, 0.3) is 0 Å². The minimum atomic E-state index is -0.563. The first-order valence-electron chi connectivity index (χ1n) is 4.06. The Morgan fingerprint density at radius 2 is 2.07 bits per heavy atom. The molecule has 0 heterocycles. The summed E-state index contributed by atoms with van der Waals surface area (Å²) in [4.78, 5) is 0. The van der Waals surface area contributed by atoms with Crippen LogP contribution in [0.3, 0.4) is 0 Å². The standard InChI is InChI=1S/C9H9BrClF2N/c10-7-1-2-8(12)6(9(7)13)5-14-4-3-11/h1-2,14H,3-5H2. The normalized spacial score (nSPS) is 10.6. The van der Waals surface area contributed by atoms with Crippen LogP contribution >= 0.6 is 27.5 Å². The molecule has 0 fully saturated rings. The lowest BCUT2D eigenvalue weighted by Crippen LogP contribution is -2.17.